The number of alkyl halides is 6. The molecular weight excluding hydrogens is 545 g/mol. The standard InChI is InChI=1S/C21H17Cl3F6N4O/c22-14-5-13(6-15(23)7-14)19(21(28,29)30)3-4-34(11-19)16-2-1-12(17(24)8-16)9-32-33-18(35)31-10-20(25,26)27/h1-2,5-9H,3-4,10-11H2,(H2,31,33,35)/b32-9+. The first-order chi connectivity index (χ1) is 16.2. The third-order valence-corrected chi connectivity index (χ3v) is 6.16. The van der Waals surface area contributed by atoms with Crippen LogP contribution in [0.5, 0.6) is 0 Å². The van der Waals surface area contributed by atoms with Crippen molar-refractivity contribution in [2.75, 3.05) is 24.5 Å². The highest BCUT2D eigenvalue weighted by molar-refractivity contribution is 6.34. The summed E-state index contributed by atoms with van der Waals surface area (Å²) in [7, 11) is 0. The molecule has 1 aliphatic heterocycles. The van der Waals surface area contributed by atoms with Crippen LogP contribution in [-0.4, -0.2) is 44.2 Å². The highest BCUT2D eigenvalue weighted by Crippen LogP contribution is 2.49. The lowest BCUT2D eigenvalue weighted by Gasteiger charge is -2.33. The molecule has 0 bridgehead atoms. The Morgan fingerprint density at radius 2 is 1.71 bits per heavy atom. The average molecular weight is 562 g/mol. The Kier molecular flexibility index (Phi) is 8.02. The van der Waals surface area contributed by atoms with E-state index in [9.17, 15) is 31.1 Å². The number of hydrazone groups is 1. The number of benzene rings is 2. The largest absolute Gasteiger partial charge is 0.405 e. The van der Waals surface area contributed by atoms with Crippen LogP contribution in [-0.2, 0) is 5.41 Å². The van der Waals surface area contributed by atoms with Gasteiger partial charge in [0, 0.05) is 34.4 Å². The molecule has 190 valence electrons. The molecule has 0 aliphatic carbocycles. The van der Waals surface area contributed by atoms with E-state index in [2.05, 4.69) is 5.10 Å². The Balaban J connectivity index is 1.74. The molecule has 3 rings (SSSR count). The van der Waals surface area contributed by atoms with Crippen molar-refractivity contribution in [3.8, 4) is 0 Å². The summed E-state index contributed by atoms with van der Waals surface area (Å²) in [5, 5.41) is 5.40. The zero-order valence-electron chi connectivity index (χ0n) is 17.6. The van der Waals surface area contributed by atoms with E-state index in [1.54, 1.807) is 5.32 Å². The fraction of sp³-hybridized carbons (Fsp3) is 0.333. The number of carbonyl (C=O) groups excluding carboxylic acids is 1. The highest BCUT2D eigenvalue weighted by atomic mass is 35.5. The Hall–Kier alpha value is -2.37. The second-order valence-corrected chi connectivity index (χ2v) is 9.06. The summed E-state index contributed by atoms with van der Waals surface area (Å²) in [6.45, 7) is -1.84. The maximum Gasteiger partial charge on any atom is 0.405 e. The van der Waals surface area contributed by atoms with Crippen molar-refractivity contribution in [3.05, 3.63) is 62.6 Å². The van der Waals surface area contributed by atoms with Gasteiger partial charge in [-0.15, -0.1) is 0 Å². The van der Waals surface area contributed by atoms with Crippen molar-refractivity contribution in [1.29, 1.82) is 0 Å². The maximum atomic E-state index is 14.3. The number of carbonyl (C=O) groups is 1. The van der Waals surface area contributed by atoms with Crippen molar-refractivity contribution in [3.63, 3.8) is 0 Å². The van der Waals surface area contributed by atoms with Gasteiger partial charge in [0.1, 0.15) is 12.0 Å². The molecule has 14 heteroatoms. The number of nitrogens with zero attached hydrogens (tertiary/aromatic N) is 2. The van der Waals surface area contributed by atoms with Gasteiger partial charge in [0.15, 0.2) is 0 Å². The van der Waals surface area contributed by atoms with Crippen molar-refractivity contribution < 1.29 is 31.1 Å². The molecule has 1 saturated heterocycles. The molecule has 0 saturated carbocycles. The topological polar surface area (TPSA) is 56.7 Å². The molecule has 1 fully saturated rings. The van der Waals surface area contributed by atoms with Crippen LogP contribution in [0.1, 0.15) is 17.5 Å². The molecule has 1 unspecified atom stereocenters. The zero-order valence-corrected chi connectivity index (χ0v) is 19.8. The fourth-order valence-corrected chi connectivity index (χ4v) is 4.44. The minimum absolute atomic E-state index is 0.0327. The fourth-order valence-electron chi connectivity index (χ4n) is 3.69. The van der Waals surface area contributed by atoms with Crippen molar-refractivity contribution in [1.82, 2.24) is 10.7 Å². The van der Waals surface area contributed by atoms with Crippen LogP contribution < -0.4 is 15.6 Å². The van der Waals surface area contributed by atoms with Crippen LogP contribution in [0.25, 0.3) is 0 Å². The molecule has 0 aromatic heterocycles. The summed E-state index contributed by atoms with van der Waals surface area (Å²) >= 11 is 18.1. The molecule has 0 radical (unpaired) electrons. The first-order valence-electron chi connectivity index (χ1n) is 9.92. The zero-order chi connectivity index (χ0) is 26.0. The van der Waals surface area contributed by atoms with Gasteiger partial charge in [0.2, 0.25) is 0 Å². The Morgan fingerprint density at radius 3 is 2.29 bits per heavy atom. The van der Waals surface area contributed by atoms with E-state index in [1.165, 1.54) is 41.3 Å². The minimum atomic E-state index is -4.58. The number of urea groups is 1. The van der Waals surface area contributed by atoms with Crippen LogP contribution in [0.2, 0.25) is 15.1 Å². The van der Waals surface area contributed by atoms with Crippen LogP contribution in [0.15, 0.2) is 41.5 Å². The van der Waals surface area contributed by atoms with Gasteiger partial charge in [0.25, 0.3) is 0 Å². The number of nitrogens with one attached hydrogen (secondary N) is 2. The van der Waals surface area contributed by atoms with E-state index in [0.717, 1.165) is 6.21 Å². The summed E-state index contributed by atoms with van der Waals surface area (Å²) in [4.78, 5) is 12.8. The van der Waals surface area contributed by atoms with Gasteiger partial charge in [0.05, 0.1) is 11.2 Å². The molecule has 1 atom stereocenters. The summed E-state index contributed by atoms with van der Waals surface area (Å²) in [5.74, 6) is 0. The van der Waals surface area contributed by atoms with Crippen molar-refractivity contribution in [2.45, 2.75) is 24.2 Å². The molecule has 2 aromatic carbocycles. The average Bonchev–Trinajstić information content (AvgIpc) is 3.19. The van der Waals surface area contributed by atoms with Gasteiger partial charge in [-0.1, -0.05) is 34.8 Å². The highest BCUT2D eigenvalue weighted by Gasteiger charge is 2.59. The quantitative estimate of drug-likeness (QED) is 0.247. The number of amides is 2. The number of halogens is 9. The van der Waals surface area contributed by atoms with Gasteiger partial charge < -0.3 is 10.2 Å². The predicted molar refractivity (Wildman–Crippen MR) is 123 cm³/mol. The monoisotopic (exact) mass is 560 g/mol. The van der Waals surface area contributed by atoms with Gasteiger partial charge in [-0.2, -0.15) is 31.4 Å². The van der Waals surface area contributed by atoms with E-state index in [-0.39, 0.29) is 39.2 Å². The summed E-state index contributed by atoms with van der Waals surface area (Å²) in [5.41, 5.74) is 0.339. The Labute approximate surface area is 211 Å². The molecule has 2 N–H and O–H groups in total. The van der Waals surface area contributed by atoms with Crippen LogP contribution in [0.4, 0.5) is 36.8 Å². The summed E-state index contributed by atoms with van der Waals surface area (Å²) in [6, 6.07) is 7.12. The van der Waals surface area contributed by atoms with Gasteiger partial charge in [-0.3, -0.25) is 0 Å². The van der Waals surface area contributed by atoms with Crippen LogP contribution >= 0.6 is 34.8 Å². The summed E-state index contributed by atoms with van der Waals surface area (Å²) in [6.07, 6.45) is -8.29. The summed E-state index contributed by atoms with van der Waals surface area (Å²) < 4.78 is 79.1. The van der Waals surface area contributed by atoms with Crippen molar-refractivity contribution >= 4 is 52.7 Å². The number of hydrogen-bond donors (Lipinski definition) is 2. The third-order valence-electron chi connectivity index (χ3n) is 5.40. The second-order valence-electron chi connectivity index (χ2n) is 7.78. The van der Waals surface area contributed by atoms with Crippen LogP contribution in [0.3, 0.4) is 0 Å². The van der Waals surface area contributed by atoms with Crippen molar-refractivity contribution in [2.24, 2.45) is 5.10 Å². The van der Waals surface area contributed by atoms with Crippen LogP contribution in [0, 0.1) is 0 Å². The molecule has 1 heterocycles. The normalized spacial score (nSPS) is 18.8. The Morgan fingerprint density at radius 1 is 1.06 bits per heavy atom. The lowest BCUT2D eigenvalue weighted by atomic mass is 9.79. The third kappa shape index (κ3) is 6.65. The molecule has 0 spiro atoms. The second kappa shape index (κ2) is 10.3. The lowest BCUT2D eigenvalue weighted by Crippen LogP contribution is -2.44. The Bertz CT molecular complexity index is 1100. The SMILES string of the molecule is O=C(NCC(F)(F)F)N/N=C/c1ccc(N2CCC(c3cc(Cl)cc(Cl)c3)(C(F)(F)F)C2)cc1Cl. The smallest absolute Gasteiger partial charge is 0.370 e. The molecular formula is C21H17Cl3F6N4O. The molecule has 2 aromatic rings. The molecule has 2 amide bonds. The van der Waals surface area contributed by atoms with E-state index < -0.39 is 36.9 Å². The van der Waals surface area contributed by atoms with E-state index in [4.69, 9.17) is 34.8 Å². The first kappa shape index (κ1) is 27.2. The van der Waals surface area contributed by atoms with E-state index >= 15 is 0 Å². The maximum absolute atomic E-state index is 14.3. The first-order valence-corrected chi connectivity index (χ1v) is 11.0. The predicted octanol–water partition coefficient (Wildman–Crippen LogP) is 6.55. The van der Waals surface area contributed by atoms with E-state index in [0.29, 0.717) is 5.69 Å². The van der Waals surface area contributed by atoms with E-state index in [1.807, 2.05) is 5.43 Å². The van der Waals surface area contributed by atoms with Gasteiger partial charge in [-0.25, -0.2) is 10.2 Å². The molecule has 35 heavy (non-hydrogen) atoms. The number of rotatable bonds is 5. The van der Waals surface area contributed by atoms with Gasteiger partial charge >= 0.3 is 18.4 Å². The lowest BCUT2D eigenvalue weighted by molar-refractivity contribution is -0.184. The minimum Gasteiger partial charge on any atom is -0.370 e. The number of hydrogen-bond acceptors (Lipinski definition) is 3. The number of anilines is 1. The molecule has 1 aliphatic rings. The molecule has 5 nitrogen and oxygen atoms in total. The van der Waals surface area contributed by atoms with Gasteiger partial charge in [-0.05, 0) is 48.4 Å².